The fourth-order valence-corrected chi connectivity index (χ4v) is 11.0. The molecule has 0 saturated carbocycles. The molecule has 1 nitrogen and oxygen atoms in total. The zero-order valence-electron chi connectivity index (χ0n) is 31.8. The summed E-state index contributed by atoms with van der Waals surface area (Å²) in [6.45, 7) is 0. The predicted octanol–water partition coefficient (Wildman–Crippen LogP) is 15.1. The van der Waals surface area contributed by atoms with Gasteiger partial charge in [0.15, 0.2) is 0 Å². The van der Waals surface area contributed by atoms with Crippen molar-refractivity contribution in [1.82, 2.24) is 0 Å². The van der Waals surface area contributed by atoms with Gasteiger partial charge in [-0.2, -0.15) is 0 Å². The van der Waals surface area contributed by atoms with E-state index >= 15 is 0 Å². The highest BCUT2D eigenvalue weighted by atomic mass is 16.5. The molecule has 0 fully saturated rings. The molecule has 270 valence electrons. The van der Waals surface area contributed by atoms with Crippen LogP contribution in [-0.2, 0) is 11.8 Å². The van der Waals surface area contributed by atoms with Gasteiger partial charge in [0.25, 0.3) is 0 Å². The lowest BCUT2D eigenvalue weighted by atomic mass is 9.65. The molecule has 0 unspecified atom stereocenters. The third-order valence-electron chi connectivity index (χ3n) is 13.3. The number of rotatable bonds is 2. The van der Waals surface area contributed by atoms with Crippen molar-refractivity contribution in [2.45, 2.75) is 18.3 Å². The zero-order valence-corrected chi connectivity index (χ0v) is 31.8. The second kappa shape index (κ2) is 11.9. The van der Waals surface area contributed by atoms with E-state index in [9.17, 15) is 0 Å². The summed E-state index contributed by atoms with van der Waals surface area (Å²) in [5.74, 6) is 1.81. The molecule has 3 aliphatic rings. The van der Waals surface area contributed by atoms with Crippen molar-refractivity contribution >= 4 is 49.2 Å². The summed E-state index contributed by atoms with van der Waals surface area (Å²) in [7, 11) is 0. The van der Waals surface area contributed by atoms with E-state index in [1.54, 1.807) is 0 Å². The molecule has 1 aliphatic heterocycles. The topological polar surface area (TPSA) is 9.23 Å². The lowest BCUT2D eigenvalue weighted by Crippen LogP contribution is -2.32. The molecule has 0 aromatic heterocycles. The number of para-hydroxylation sites is 2. The van der Waals surface area contributed by atoms with E-state index in [1.807, 2.05) is 0 Å². The lowest BCUT2D eigenvalue weighted by Gasteiger charge is -2.39. The number of allylic oxidation sites excluding steroid dienone is 1. The summed E-state index contributed by atoms with van der Waals surface area (Å²) < 4.78 is 6.85. The summed E-state index contributed by atoms with van der Waals surface area (Å²) in [5.41, 5.74) is 14.8. The summed E-state index contributed by atoms with van der Waals surface area (Å²) in [6.07, 6.45) is 6.73. The normalized spacial score (nSPS) is 14.3. The lowest BCUT2D eigenvalue weighted by molar-refractivity contribution is 0.436. The molecule has 10 aromatic rings. The zero-order chi connectivity index (χ0) is 38.0. The van der Waals surface area contributed by atoms with Crippen molar-refractivity contribution in [1.29, 1.82) is 0 Å². The van der Waals surface area contributed by atoms with Gasteiger partial charge in [-0.05, 0) is 148 Å². The van der Waals surface area contributed by atoms with E-state index in [4.69, 9.17) is 4.74 Å². The van der Waals surface area contributed by atoms with E-state index in [1.165, 1.54) is 110 Å². The quantitative estimate of drug-likeness (QED) is 0.161. The number of hydrogen-bond donors (Lipinski definition) is 0. The smallest absolute Gasteiger partial charge is 0.132 e. The Kier molecular flexibility index (Phi) is 6.55. The Morgan fingerprint density at radius 1 is 0.397 bits per heavy atom. The average Bonchev–Trinajstić information content (AvgIpc) is 3.57. The highest BCUT2D eigenvalue weighted by molar-refractivity contribution is 6.20. The standard InChI is InChI=1S/C57H36O/c1-5-19-40-35(15-1)31-36-16-2-6-20-41(36)54(40)39-29-30-46-50(33-39)57(48-25-11-13-27-52(48)58-53-28-14-12-26-49(53)57)51-34-47(44-23-9-10-24-45(44)56(46)51)55-42-21-7-3-17-37(42)32-38-18-4-8-22-43(38)55/h1-5,7-19,21-34H,6,20H2. The van der Waals surface area contributed by atoms with Crippen LogP contribution in [0.15, 0.2) is 188 Å². The van der Waals surface area contributed by atoms with Gasteiger partial charge < -0.3 is 4.74 Å². The first-order valence-corrected chi connectivity index (χ1v) is 20.5. The fourth-order valence-electron chi connectivity index (χ4n) is 11.0. The molecule has 0 N–H and O–H groups in total. The maximum atomic E-state index is 6.85. The monoisotopic (exact) mass is 736 g/mol. The maximum Gasteiger partial charge on any atom is 0.132 e. The van der Waals surface area contributed by atoms with Gasteiger partial charge in [0.05, 0.1) is 5.41 Å². The van der Waals surface area contributed by atoms with Gasteiger partial charge in [0, 0.05) is 11.1 Å². The summed E-state index contributed by atoms with van der Waals surface area (Å²) in [5, 5.41) is 10.1. The van der Waals surface area contributed by atoms with Crippen LogP contribution in [0.1, 0.15) is 39.8 Å². The minimum atomic E-state index is -0.643. The Morgan fingerprint density at radius 2 is 0.966 bits per heavy atom. The third-order valence-corrected chi connectivity index (χ3v) is 13.3. The molecule has 1 spiro atoms. The number of ether oxygens (including phenoxy) is 1. The van der Waals surface area contributed by atoms with E-state index in [2.05, 4.69) is 194 Å². The number of fused-ring (bicyclic) bond motifs is 15. The molecular formula is C57H36O. The van der Waals surface area contributed by atoms with Crippen LogP contribution in [0.5, 0.6) is 11.5 Å². The molecular weight excluding hydrogens is 701 g/mol. The number of hydrogen-bond acceptors (Lipinski definition) is 1. The maximum absolute atomic E-state index is 6.85. The second-order valence-corrected chi connectivity index (χ2v) is 16.2. The van der Waals surface area contributed by atoms with Gasteiger partial charge >= 0.3 is 0 Å². The van der Waals surface area contributed by atoms with Crippen molar-refractivity contribution in [3.8, 4) is 44.9 Å². The first-order chi connectivity index (χ1) is 28.8. The molecule has 58 heavy (non-hydrogen) atoms. The molecule has 1 heteroatoms. The minimum absolute atomic E-state index is 0.643. The van der Waals surface area contributed by atoms with Crippen LogP contribution in [0.4, 0.5) is 0 Å². The van der Waals surface area contributed by atoms with E-state index < -0.39 is 5.41 Å². The van der Waals surface area contributed by atoms with Crippen molar-refractivity contribution in [3.05, 3.63) is 221 Å². The number of benzene rings is 10. The second-order valence-electron chi connectivity index (χ2n) is 16.2. The van der Waals surface area contributed by atoms with Crippen LogP contribution in [-0.4, -0.2) is 0 Å². The van der Waals surface area contributed by atoms with Crippen LogP contribution in [0, 0.1) is 0 Å². The first kappa shape index (κ1) is 31.9. The van der Waals surface area contributed by atoms with Gasteiger partial charge in [-0.3, -0.25) is 0 Å². The van der Waals surface area contributed by atoms with Gasteiger partial charge in [0.1, 0.15) is 11.5 Å². The molecule has 0 amide bonds. The SMILES string of the molecule is C1=Cc2cc3ccccc3c(-c3ccc4c(c3)C3(c5ccccc5Oc5ccccc53)c3cc(-c5c6ccccc6cc6ccccc56)c5ccccc5c3-4)c2CC1. The fraction of sp³-hybridized carbons (Fsp3) is 0.0526. The van der Waals surface area contributed by atoms with Gasteiger partial charge in [-0.15, -0.1) is 0 Å². The Hall–Kier alpha value is -7.22. The highest BCUT2D eigenvalue weighted by Gasteiger charge is 2.52. The molecule has 10 aromatic carbocycles. The molecule has 0 saturated heterocycles. The third kappa shape index (κ3) is 4.20. The summed E-state index contributed by atoms with van der Waals surface area (Å²) >= 11 is 0. The molecule has 1 heterocycles. The predicted molar refractivity (Wildman–Crippen MR) is 242 cm³/mol. The van der Waals surface area contributed by atoms with Crippen LogP contribution in [0.3, 0.4) is 0 Å². The van der Waals surface area contributed by atoms with E-state index in [-0.39, 0.29) is 0 Å². The highest BCUT2D eigenvalue weighted by Crippen LogP contribution is 2.64. The van der Waals surface area contributed by atoms with Crippen LogP contribution in [0.25, 0.3) is 82.5 Å². The van der Waals surface area contributed by atoms with Gasteiger partial charge in [-0.1, -0.05) is 158 Å². The van der Waals surface area contributed by atoms with Crippen LogP contribution in [0.2, 0.25) is 0 Å². The van der Waals surface area contributed by atoms with E-state index in [0.29, 0.717) is 0 Å². The van der Waals surface area contributed by atoms with Gasteiger partial charge in [0.2, 0.25) is 0 Å². The Labute approximate surface area is 337 Å². The first-order valence-electron chi connectivity index (χ1n) is 20.5. The summed E-state index contributed by atoms with van der Waals surface area (Å²) in [6, 6.07) is 68.0. The molecule has 13 rings (SSSR count). The summed E-state index contributed by atoms with van der Waals surface area (Å²) in [4.78, 5) is 0. The van der Waals surface area contributed by atoms with Crippen LogP contribution < -0.4 is 4.74 Å². The molecule has 0 bridgehead atoms. The minimum Gasteiger partial charge on any atom is -0.457 e. The van der Waals surface area contributed by atoms with Crippen molar-refractivity contribution in [3.63, 3.8) is 0 Å². The van der Waals surface area contributed by atoms with Gasteiger partial charge in [-0.25, -0.2) is 0 Å². The van der Waals surface area contributed by atoms with Crippen molar-refractivity contribution in [2.24, 2.45) is 0 Å². The Morgan fingerprint density at radius 3 is 1.66 bits per heavy atom. The Bertz CT molecular complexity index is 3340. The Balaban J connectivity index is 1.21. The van der Waals surface area contributed by atoms with Crippen LogP contribution >= 0.6 is 0 Å². The average molecular weight is 737 g/mol. The molecule has 0 radical (unpaired) electrons. The van der Waals surface area contributed by atoms with Crippen molar-refractivity contribution < 1.29 is 4.74 Å². The van der Waals surface area contributed by atoms with E-state index in [0.717, 1.165) is 24.3 Å². The molecule has 0 atom stereocenters. The van der Waals surface area contributed by atoms with Crippen molar-refractivity contribution in [2.75, 3.05) is 0 Å². The largest absolute Gasteiger partial charge is 0.457 e. The molecule has 2 aliphatic carbocycles.